The van der Waals surface area contributed by atoms with Gasteiger partial charge in [-0.3, -0.25) is 0 Å². The summed E-state index contributed by atoms with van der Waals surface area (Å²) in [5.74, 6) is -0.236. The highest BCUT2D eigenvalue weighted by molar-refractivity contribution is 5.82. The Kier molecular flexibility index (Phi) is 2.74. The maximum Gasteiger partial charge on any atom is 0.573 e. The summed E-state index contributed by atoms with van der Waals surface area (Å²) in [6.07, 6.45) is -4.67. The number of ether oxygens (including phenoxy) is 1. The summed E-state index contributed by atoms with van der Waals surface area (Å²) in [5, 5.41) is 0.638. The highest BCUT2D eigenvalue weighted by Gasteiger charge is 2.31. The van der Waals surface area contributed by atoms with E-state index >= 15 is 0 Å². The van der Waals surface area contributed by atoms with E-state index in [9.17, 15) is 13.2 Å². The summed E-state index contributed by atoms with van der Waals surface area (Å²) >= 11 is 0. The number of aromatic amines is 1. The van der Waals surface area contributed by atoms with Crippen LogP contribution in [0.2, 0.25) is 0 Å². The van der Waals surface area contributed by atoms with Crippen LogP contribution < -0.4 is 10.5 Å². The average molecular weight is 244 g/mol. The quantitative estimate of drug-likeness (QED) is 0.852. The Morgan fingerprint density at radius 2 is 2.00 bits per heavy atom. The summed E-state index contributed by atoms with van der Waals surface area (Å²) in [5.41, 5.74) is 7.17. The van der Waals surface area contributed by atoms with Gasteiger partial charge in [0.1, 0.15) is 5.75 Å². The van der Waals surface area contributed by atoms with Crippen LogP contribution in [0.15, 0.2) is 24.3 Å². The number of alkyl halides is 3. The lowest BCUT2D eigenvalue weighted by Crippen LogP contribution is -2.16. The summed E-state index contributed by atoms with van der Waals surface area (Å²) in [4.78, 5) is 3.02. The first-order valence-corrected chi connectivity index (χ1v) is 4.99. The van der Waals surface area contributed by atoms with E-state index in [1.165, 1.54) is 18.2 Å². The molecule has 1 aromatic heterocycles. The van der Waals surface area contributed by atoms with Crippen LogP contribution in [0.4, 0.5) is 13.2 Å². The monoisotopic (exact) mass is 244 g/mol. The molecule has 3 N–H and O–H groups in total. The molecular formula is C11H11F3N2O. The molecule has 2 aromatic rings. The standard InChI is InChI=1S/C11H11F3N2O/c1-6(15)10-5-7-4-8(17-11(12,13)14)2-3-9(7)16-10/h2-6,16H,15H2,1H3. The number of aromatic nitrogens is 1. The van der Waals surface area contributed by atoms with Gasteiger partial charge < -0.3 is 15.5 Å². The number of fused-ring (bicyclic) bond motifs is 1. The topological polar surface area (TPSA) is 51.0 Å². The third-order valence-corrected chi connectivity index (χ3v) is 2.34. The second-order valence-corrected chi connectivity index (χ2v) is 3.81. The molecule has 0 aliphatic heterocycles. The molecule has 0 saturated carbocycles. The van der Waals surface area contributed by atoms with Gasteiger partial charge in [-0.1, -0.05) is 0 Å². The summed E-state index contributed by atoms with van der Waals surface area (Å²) in [7, 11) is 0. The maximum atomic E-state index is 12.0. The number of hydrogen-bond donors (Lipinski definition) is 2. The first kappa shape index (κ1) is 11.8. The van der Waals surface area contributed by atoms with Gasteiger partial charge in [0.15, 0.2) is 0 Å². The molecule has 1 aromatic carbocycles. The molecule has 92 valence electrons. The highest BCUT2D eigenvalue weighted by Crippen LogP contribution is 2.27. The molecule has 0 bridgehead atoms. The van der Waals surface area contributed by atoms with Gasteiger partial charge in [-0.2, -0.15) is 0 Å². The van der Waals surface area contributed by atoms with Crippen molar-refractivity contribution >= 4 is 10.9 Å². The van der Waals surface area contributed by atoms with E-state index in [4.69, 9.17) is 5.73 Å². The molecule has 0 fully saturated rings. The number of nitrogens with two attached hydrogens (primary N) is 1. The molecule has 6 heteroatoms. The Balaban J connectivity index is 2.37. The molecule has 1 heterocycles. The third-order valence-electron chi connectivity index (χ3n) is 2.34. The maximum absolute atomic E-state index is 12.0. The zero-order valence-electron chi connectivity index (χ0n) is 9.01. The van der Waals surface area contributed by atoms with Crippen LogP contribution in [0, 0.1) is 0 Å². The van der Waals surface area contributed by atoms with E-state index in [0.29, 0.717) is 5.39 Å². The molecule has 2 rings (SSSR count). The number of H-pyrrole nitrogens is 1. The fraction of sp³-hybridized carbons (Fsp3) is 0.273. The van der Waals surface area contributed by atoms with Crippen molar-refractivity contribution in [2.45, 2.75) is 19.3 Å². The number of rotatable bonds is 2. The fourth-order valence-corrected chi connectivity index (χ4v) is 1.58. The molecule has 0 saturated heterocycles. The van der Waals surface area contributed by atoms with E-state index in [1.807, 2.05) is 0 Å². The van der Waals surface area contributed by atoms with Crippen LogP contribution in [0.1, 0.15) is 18.7 Å². The van der Waals surface area contributed by atoms with Crippen LogP contribution in [0.5, 0.6) is 5.75 Å². The Morgan fingerprint density at radius 3 is 2.59 bits per heavy atom. The number of nitrogens with one attached hydrogen (secondary N) is 1. The van der Waals surface area contributed by atoms with Crippen molar-refractivity contribution in [1.82, 2.24) is 4.98 Å². The van der Waals surface area contributed by atoms with Crippen molar-refractivity contribution < 1.29 is 17.9 Å². The lowest BCUT2D eigenvalue weighted by atomic mass is 10.2. The highest BCUT2D eigenvalue weighted by atomic mass is 19.4. The van der Waals surface area contributed by atoms with Crippen LogP contribution in [0.25, 0.3) is 10.9 Å². The number of halogens is 3. The van der Waals surface area contributed by atoms with Crippen molar-refractivity contribution in [1.29, 1.82) is 0 Å². The predicted molar refractivity (Wildman–Crippen MR) is 57.6 cm³/mol. The molecule has 17 heavy (non-hydrogen) atoms. The summed E-state index contributed by atoms with van der Waals surface area (Å²) in [6.45, 7) is 1.79. The van der Waals surface area contributed by atoms with E-state index in [1.54, 1.807) is 13.0 Å². The Morgan fingerprint density at radius 1 is 1.29 bits per heavy atom. The summed E-state index contributed by atoms with van der Waals surface area (Å²) in [6, 6.07) is 5.63. The smallest absolute Gasteiger partial charge is 0.406 e. The van der Waals surface area contributed by atoms with Gasteiger partial charge in [0.05, 0.1) is 0 Å². The Bertz CT molecular complexity index is 531. The van der Waals surface area contributed by atoms with Gasteiger partial charge >= 0.3 is 6.36 Å². The number of benzene rings is 1. The second kappa shape index (κ2) is 3.96. The minimum atomic E-state index is -4.67. The van der Waals surface area contributed by atoms with Crippen LogP contribution in [-0.2, 0) is 0 Å². The second-order valence-electron chi connectivity index (χ2n) is 3.81. The van der Waals surface area contributed by atoms with Crippen LogP contribution in [0.3, 0.4) is 0 Å². The normalized spacial score (nSPS) is 13.9. The van der Waals surface area contributed by atoms with Crippen molar-refractivity contribution in [3.05, 3.63) is 30.0 Å². The van der Waals surface area contributed by atoms with E-state index in [-0.39, 0.29) is 11.8 Å². The minimum absolute atomic E-state index is 0.200. The van der Waals surface area contributed by atoms with Gasteiger partial charge in [0, 0.05) is 22.6 Å². The molecular weight excluding hydrogens is 233 g/mol. The molecule has 0 amide bonds. The van der Waals surface area contributed by atoms with E-state index in [0.717, 1.165) is 11.2 Å². The van der Waals surface area contributed by atoms with Crippen LogP contribution in [-0.4, -0.2) is 11.3 Å². The van der Waals surface area contributed by atoms with Crippen molar-refractivity contribution in [2.75, 3.05) is 0 Å². The lowest BCUT2D eigenvalue weighted by molar-refractivity contribution is -0.274. The minimum Gasteiger partial charge on any atom is -0.406 e. The first-order valence-electron chi connectivity index (χ1n) is 4.99. The van der Waals surface area contributed by atoms with E-state index in [2.05, 4.69) is 9.72 Å². The summed E-state index contributed by atoms with van der Waals surface area (Å²) < 4.78 is 39.9. The Hall–Kier alpha value is -1.69. The van der Waals surface area contributed by atoms with Gasteiger partial charge in [-0.05, 0) is 31.2 Å². The molecule has 1 unspecified atom stereocenters. The number of hydrogen-bond acceptors (Lipinski definition) is 2. The molecule has 1 atom stereocenters. The van der Waals surface area contributed by atoms with Crippen LogP contribution >= 0.6 is 0 Å². The molecule has 0 aliphatic carbocycles. The molecule has 0 spiro atoms. The van der Waals surface area contributed by atoms with E-state index < -0.39 is 6.36 Å². The predicted octanol–water partition coefficient (Wildman–Crippen LogP) is 3.09. The van der Waals surface area contributed by atoms with Crippen molar-refractivity contribution in [3.63, 3.8) is 0 Å². The average Bonchev–Trinajstić information content (AvgIpc) is 2.57. The largest absolute Gasteiger partial charge is 0.573 e. The van der Waals surface area contributed by atoms with Crippen molar-refractivity contribution in [2.24, 2.45) is 5.73 Å². The van der Waals surface area contributed by atoms with Gasteiger partial charge in [0.2, 0.25) is 0 Å². The Labute approximate surface area is 95.4 Å². The zero-order valence-corrected chi connectivity index (χ0v) is 9.01. The van der Waals surface area contributed by atoms with Gasteiger partial charge in [-0.25, -0.2) is 0 Å². The first-order chi connectivity index (χ1) is 7.85. The fourth-order valence-electron chi connectivity index (χ4n) is 1.58. The lowest BCUT2D eigenvalue weighted by Gasteiger charge is -2.08. The van der Waals surface area contributed by atoms with Gasteiger partial charge in [0.25, 0.3) is 0 Å². The van der Waals surface area contributed by atoms with Crippen molar-refractivity contribution in [3.8, 4) is 5.75 Å². The van der Waals surface area contributed by atoms with Gasteiger partial charge in [-0.15, -0.1) is 13.2 Å². The SMILES string of the molecule is CC(N)c1cc2cc(OC(F)(F)F)ccc2[nH]1. The zero-order chi connectivity index (χ0) is 12.6. The molecule has 3 nitrogen and oxygen atoms in total. The third kappa shape index (κ3) is 2.71. The molecule has 0 aliphatic rings. The molecule has 0 radical (unpaired) electrons.